The number of hydrogen-bond acceptors (Lipinski definition) is 3. The van der Waals surface area contributed by atoms with Gasteiger partial charge in [-0.05, 0) is 24.6 Å². The van der Waals surface area contributed by atoms with Crippen LogP contribution in [-0.4, -0.2) is 25.4 Å². The number of terminal acetylenes is 1. The smallest absolute Gasteiger partial charge is 0.186 e. The fraction of sp³-hybridized carbons (Fsp3) is 0.286. The molecule has 0 aliphatic rings. The van der Waals surface area contributed by atoms with Crippen molar-refractivity contribution in [1.82, 2.24) is 0 Å². The van der Waals surface area contributed by atoms with Crippen LogP contribution in [-0.2, 0) is 9.84 Å². The molecule has 0 saturated heterocycles. The van der Waals surface area contributed by atoms with E-state index in [1.807, 2.05) is 6.92 Å². The van der Waals surface area contributed by atoms with E-state index in [0.29, 0.717) is 0 Å². The number of aliphatic hydroxyl groups is 1. The highest BCUT2D eigenvalue weighted by atomic mass is 32.2. The van der Waals surface area contributed by atoms with Crippen molar-refractivity contribution < 1.29 is 13.5 Å². The molecule has 1 rings (SSSR count). The summed E-state index contributed by atoms with van der Waals surface area (Å²) in [5, 5.41) is 8.12. The Kier molecular flexibility index (Phi) is 4.71. The van der Waals surface area contributed by atoms with Gasteiger partial charge in [0.1, 0.15) is 0 Å². The maximum atomic E-state index is 12.4. The zero-order chi connectivity index (χ0) is 13.8. The molecule has 0 aliphatic heterocycles. The molecule has 0 saturated carbocycles. The zero-order valence-electron chi connectivity index (χ0n) is 10.3. The van der Waals surface area contributed by atoms with Gasteiger partial charge in [0.05, 0.1) is 16.8 Å². The van der Waals surface area contributed by atoms with Crippen LogP contribution in [0.5, 0.6) is 0 Å². The van der Waals surface area contributed by atoms with Gasteiger partial charge in [-0.1, -0.05) is 24.3 Å². The van der Waals surface area contributed by atoms with Gasteiger partial charge in [0.15, 0.2) is 9.84 Å². The second-order valence-corrected chi connectivity index (χ2v) is 6.20. The Bertz CT molecular complexity index is 562. The van der Waals surface area contributed by atoms with Gasteiger partial charge in [-0.2, -0.15) is 0 Å². The number of aliphatic hydroxyl groups excluding tert-OH is 1. The molecule has 18 heavy (non-hydrogen) atoms. The second kappa shape index (κ2) is 5.85. The van der Waals surface area contributed by atoms with E-state index in [1.165, 1.54) is 0 Å². The Morgan fingerprint density at radius 3 is 2.44 bits per heavy atom. The van der Waals surface area contributed by atoms with E-state index in [2.05, 4.69) is 12.5 Å². The monoisotopic (exact) mass is 264 g/mol. The summed E-state index contributed by atoms with van der Waals surface area (Å²) in [6.45, 7) is 5.06. The molecule has 1 aromatic carbocycles. The van der Waals surface area contributed by atoms with Crippen molar-refractivity contribution in [1.29, 1.82) is 0 Å². The standard InChI is InChI=1S/C14H16O3S/c1-4-5-14(12(3)10-15)18(16,17)13-8-6-11(2)7-9-13/h1,6-9,14-15H,3,5,10H2,2H3. The first kappa shape index (κ1) is 14.5. The molecule has 0 bridgehead atoms. The molecule has 1 unspecified atom stereocenters. The van der Waals surface area contributed by atoms with E-state index < -0.39 is 21.7 Å². The minimum atomic E-state index is -3.59. The van der Waals surface area contributed by atoms with E-state index >= 15 is 0 Å². The molecule has 3 nitrogen and oxygen atoms in total. The van der Waals surface area contributed by atoms with Gasteiger partial charge in [0, 0.05) is 6.42 Å². The number of sulfone groups is 1. The highest BCUT2D eigenvalue weighted by Gasteiger charge is 2.28. The largest absolute Gasteiger partial charge is 0.392 e. The molecule has 0 amide bonds. The highest BCUT2D eigenvalue weighted by molar-refractivity contribution is 7.92. The summed E-state index contributed by atoms with van der Waals surface area (Å²) in [6.07, 6.45) is 5.19. The number of benzene rings is 1. The average Bonchev–Trinajstić information content (AvgIpc) is 2.35. The lowest BCUT2D eigenvalue weighted by molar-refractivity contribution is 0.327. The van der Waals surface area contributed by atoms with Crippen molar-refractivity contribution in [2.45, 2.75) is 23.5 Å². The van der Waals surface area contributed by atoms with Crippen molar-refractivity contribution in [3.8, 4) is 12.3 Å². The topological polar surface area (TPSA) is 54.4 Å². The normalized spacial score (nSPS) is 12.7. The van der Waals surface area contributed by atoms with Crippen molar-refractivity contribution in [2.24, 2.45) is 0 Å². The molecule has 0 heterocycles. The fourth-order valence-corrected chi connectivity index (χ4v) is 3.25. The molecule has 96 valence electrons. The van der Waals surface area contributed by atoms with Crippen LogP contribution in [0.25, 0.3) is 0 Å². The average molecular weight is 264 g/mol. The first-order chi connectivity index (χ1) is 8.43. The van der Waals surface area contributed by atoms with Crippen LogP contribution < -0.4 is 0 Å². The van der Waals surface area contributed by atoms with E-state index in [-0.39, 0.29) is 16.9 Å². The lowest BCUT2D eigenvalue weighted by atomic mass is 10.2. The molecule has 0 radical (unpaired) electrons. The Morgan fingerprint density at radius 1 is 1.44 bits per heavy atom. The SMILES string of the molecule is C#CCC(C(=C)CO)S(=O)(=O)c1ccc(C)cc1. The number of hydrogen-bond donors (Lipinski definition) is 1. The maximum Gasteiger partial charge on any atom is 0.186 e. The van der Waals surface area contributed by atoms with Crippen molar-refractivity contribution in [3.05, 3.63) is 42.0 Å². The van der Waals surface area contributed by atoms with Crippen LogP contribution in [0.15, 0.2) is 41.3 Å². The van der Waals surface area contributed by atoms with Crippen LogP contribution in [0, 0.1) is 19.3 Å². The minimum Gasteiger partial charge on any atom is -0.392 e. The third kappa shape index (κ3) is 3.00. The highest BCUT2D eigenvalue weighted by Crippen LogP contribution is 2.23. The van der Waals surface area contributed by atoms with Gasteiger partial charge < -0.3 is 5.11 Å². The first-order valence-electron chi connectivity index (χ1n) is 5.46. The molecular weight excluding hydrogens is 248 g/mol. The molecule has 0 aromatic heterocycles. The summed E-state index contributed by atoms with van der Waals surface area (Å²) in [5.41, 5.74) is 1.19. The lowest BCUT2D eigenvalue weighted by Crippen LogP contribution is -2.24. The summed E-state index contributed by atoms with van der Waals surface area (Å²) in [6, 6.07) is 6.53. The zero-order valence-corrected chi connectivity index (χ0v) is 11.1. The summed E-state index contributed by atoms with van der Waals surface area (Å²) in [5.74, 6) is 2.32. The molecule has 4 heteroatoms. The second-order valence-electron chi connectivity index (χ2n) is 4.07. The summed E-state index contributed by atoms with van der Waals surface area (Å²) < 4.78 is 24.7. The molecule has 1 aromatic rings. The van der Waals surface area contributed by atoms with Crippen LogP contribution in [0.2, 0.25) is 0 Å². The fourth-order valence-electron chi connectivity index (χ4n) is 1.57. The van der Waals surface area contributed by atoms with E-state index in [4.69, 9.17) is 11.5 Å². The summed E-state index contributed by atoms with van der Waals surface area (Å²) in [4.78, 5) is 0.197. The quantitative estimate of drug-likeness (QED) is 0.650. The Hall–Kier alpha value is -1.57. The molecular formula is C14H16O3S. The third-order valence-corrected chi connectivity index (χ3v) is 4.86. The van der Waals surface area contributed by atoms with E-state index in [9.17, 15) is 8.42 Å². The third-order valence-electron chi connectivity index (χ3n) is 2.69. The summed E-state index contributed by atoms with van der Waals surface area (Å²) >= 11 is 0. The molecule has 0 fully saturated rings. The first-order valence-corrected chi connectivity index (χ1v) is 7.00. The van der Waals surface area contributed by atoms with Crippen molar-refractivity contribution >= 4 is 9.84 Å². The molecule has 1 N–H and O–H groups in total. The number of rotatable bonds is 5. The van der Waals surface area contributed by atoms with E-state index in [1.54, 1.807) is 24.3 Å². The molecule has 0 spiro atoms. The maximum absolute atomic E-state index is 12.4. The van der Waals surface area contributed by atoms with Crippen molar-refractivity contribution in [2.75, 3.05) is 6.61 Å². The van der Waals surface area contributed by atoms with Gasteiger partial charge >= 0.3 is 0 Å². The predicted molar refractivity (Wildman–Crippen MR) is 71.8 cm³/mol. The lowest BCUT2D eigenvalue weighted by Gasteiger charge is -2.16. The van der Waals surface area contributed by atoms with Gasteiger partial charge in [0.2, 0.25) is 0 Å². The minimum absolute atomic E-state index is 0.00953. The van der Waals surface area contributed by atoms with Crippen molar-refractivity contribution in [3.63, 3.8) is 0 Å². The molecule has 1 atom stereocenters. The van der Waals surface area contributed by atoms with Gasteiger partial charge in [-0.3, -0.25) is 0 Å². The van der Waals surface area contributed by atoms with Crippen LogP contribution in [0.3, 0.4) is 0 Å². The van der Waals surface area contributed by atoms with Crippen LogP contribution in [0.1, 0.15) is 12.0 Å². The van der Waals surface area contributed by atoms with E-state index in [0.717, 1.165) is 5.56 Å². The Morgan fingerprint density at radius 2 is 2.00 bits per heavy atom. The Balaban J connectivity index is 3.21. The predicted octanol–water partition coefficient (Wildman–Crippen LogP) is 1.71. The number of aryl methyl sites for hydroxylation is 1. The van der Waals surface area contributed by atoms with Gasteiger partial charge in [-0.25, -0.2) is 8.42 Å². The van der Waals surface area contributed by atoms with Crippen LogP contribution in [0.4, 0.5) is 0 Å². The van der Waals surface area contributed by atoms with Gasteiger partial charge in [-0.15, -0.1) is 12.3 Å². The summed E-state index contributed by atoms with van der Waals surface area (Å²) in [7, 11) is -3.59. The van der Waals surface area contributed by atoms with Crippen LogP contribution >= 0.6 is 0 Å². The molecule has 0 aliphatic carbocycles. The Labute approximate surface area is 108 Å². The van der Waals surface area contributed by atoms with Gasteiger partial charge in [0.25, 0.3) is 0 Å².